The lowest BCUT2D eigenvalue weighted by Gasteiger charge is -2.06. The monoisotopic (exact) mass is 321 g/mol. The molecule has 7 heteroatoms. The highest BCUT2D eigenvalue weighted by atomic mass is 35.5. The lowest BCUT2D eigenvalue weighted by atomic mass is 10.3. The fraction of sp³-hybridized carbons (Fsp3) is 0.0909. The van der Waals surface area contributed by atoms with E-state index in [0.29, 0.717) is 14.2 Å². The molecule has 2 aromatic rings. The number of nitrogen functional groups attached to an aromatic ring is 1. The Bertz CT molecular complexity index is 680. The summed E-state index contributed by atoms with van der Waals surface area (Å²) in [6.07, 6.45) is 0. The summed E-state index contributed by atoms with van der Waals surface area (Å²) < 4.78 is 25.0. The van der Waals surface area contributed by atoms with Gasteiger partial charge in [0.25, 0.3) is 0 Å². The van der Waals surface area contributed by atoms with Crippen molar-refractivity contribution >= 4 is 50.1 Å². The van der Waals surface area contributed by atoms with Crippen molar-refractivity contribution in [1.29, 1.82) is 0 Å². The summed E-state index contributed by atoms with van der Waals surface area (Å²) in [5.41, 5.74) is 5.87. The van der Waals surface area contributed by atoms with Crippen LogP contribution >= 0.6 is 34.5 Å². The first-order valence-corrected chi connectivity index (χ1v) is 8.13. The highest BCUT2D eigenvalue weighted by Crippen LogP contribution is 2.29. The topological polar surface area (TPSA) is 60.2 Å². The molecule has 0 fully saturated rings. The number of rotatable bonds is 3. The second-order valence-corrected chi connectivity index (χ2v) is 7.84. The van der Waals surface area contributed by atoms with Crippen LogP contribution < -0.4 is 5.73 Å². The van der Waals surface area contributed by atoms with E-state index in [-0.39, 0.29) is 16.3 Å². The van der Waals surface area contributed by atoms with Crippen molar-refractivity contribution in [2.24, 2.45) is 0 Å². The quantitative estimate of drug-likeness (QED) is 0.878. The van der Waals surface area contributed by atoms with Crippen LogP contribution in [-0.4, -0.2) is 8.42 Å². The van der Waals surface area contributed by atoms with Crippen LogP contribution in [-0.2, 0) is 15.6 Å². The summed E-state index contributed by atoms with van der Waals surface area (Å²) in [6.45, 7) is 0. The average Bonchev–Trinajstić information content (AvgIpc) is 2.66. The molecule has 18 heavy (non-hydrogen) atoms. The number of thiophene rings is 1. The molecule has 0 unspecified atom stereocenters. The first-order chi connectivity index (χ1) is 8.38. The Labute approximate surface area is 119 Å². The largest absolute Gasteiger partial charge is 0.398 e. The van der Waals surface area contributed by atoms with Gasteiger partial charge in [0.05, 0.1) is 20.7 Å². The maximum atomic E-state index is 12.2. The predicted octanol–water partition coefficient (Wildman–Crippen LogP) is 3.61. The van der Waals surface area contributed by atoms with Crippen molar-refractivity contribution < 1.29 is 8.42 Å². The minimum absolute atomic E-state index is 0.0551. The van der Waals surface area contributed by atoms with Gasteiger partial charge in [-0.15, -0.1) is 11.3 Å². The molecule has 0 bridgehead atoms. The van der Waals surface area contributed by atoms with E-state index in [2.05, 4.69) is 0 Å². The Hall–Kier alpha value is -0.750. The molecule has 1 heterocycles. The Morgan fingerprint density at radius 1 is 1.17 bits per heavy atom. The van der Waals surface area contributed by atoms with Gasteiger partial charge in [-0.3, -0.25) is 0 Å². The van der Waals surface area contributed by atoms with Gasteiger partial charge in [0.15, 0.2) is 9.84 Å². The van der Waals surface area contributed by atoms with Gasteiger partial charge in [-0.2, -0.15) is 0 Å². The Balaban J connectivity index is 2.39. The van der Waals surface area contributed by atoms with Crippen molar-refractivity contribution in [3.63, 3.8) is 0 Å². The highest BCUT2D eigenvalue weighted by Gasteiger charge is 2.19. The van der Waals surface area contributed by atoms with Gasteiger partial charge in [-0.25, -0.2) is 8.42 Å². The predicted molar refractivity (Wildman–Crippen MR) is 76.1 cm³/mol. The molecule has 0 spiro atoms. The van der Waals surface area contributed by atoms with Gasteiger partial charge >= 0.3 is 0 Å². The summed E-state index contributed by atoms with van der Waals surface area (Å²) in [4.78, 5) is 0.721. The van der Waals surface area contributed by atoms with Crippen molar-refractivity contribution in [2.75, 3.05) is 5.73 Å². The van der Waals surface area contributed by atoms with E-state index in [4.69, 9.17) is 28.9 Å². The smallest absolute Gasteiger partial charge is 0.185 e. The molecule has 0 radical (unpaired) electrons. The molecule has 0 atom stereocenters. The van der Waals surface area contributed by atoms with Crippen LogP contribution in [0.25, 0.3) is 0 Å². The van der Waals surface area contributed by atoms with Crippen LogP contribution in [0.3, 0.4) is 0 Å². The SMILES string of the molecule is Nc1ccc(Cl)cc1S(=O)(=O)Cc1ccc(Cl)s1. The molecule has 2 rings (SSSR count). The fourth-order valence-electron chi connectivity index (χ4n) is 1.47. The molecular formula is C11H9Cl2NO2S2. The van der Waals surface area contributed by atoms with E-state index in [0.717, 1.165) is 0 Å². The van der Waals surface area contributed by atoms with Crippen LogP contribution in [0.5, 0.6) is 0 Å². The number of benzene rings is 1. The van der Waals surface area contributed by atoms with E-state index < -0.39 is 9.84 Å². The third kappa shape index (κ3) is 2.98. The van der Waals surface area contributed by atoms with Crippen LogP contribution in [0.15, 0.2) is 35.2 Å². The maximum absolute atomic E-state index is 12.2. The molecule has 0 amide bonds. The molecule has 1 aromatic heterocycles. The number of hydrogen-bond acceptors (Lipinski definition) is 4. The van der Waals surface area contributed by atoms with Crippen molar-refractivity contribution in [1.82, 2.24) is 0 Å². The van der Waals surface area contributed by atoms with E-state index in [1.807, 2.05) is 0 Å². The minimum atomic E-state index is -3.51. The molecule has 0 aliphatic heterocycles. The number of halogens is 2. The summed E-state index contributed by atoms with van der Waals surface area (Å²) in [5.74, 6) is -0.130. The zero-order chi connectivity index (χ0) is 13.3. The molecule has 0 saturated carbocycles. The summed E-state index contributed by atoms with van der Waals surface area (Å²) in [5, 5.41) is 0.340. The second-order valence-electron chi connectivity index (χ2n) is 3.65. The van der Waals surface area contributed by atoms with Gasteiger partial charge in [0.1, 0.15) is 0 Å². The summed E-state index contributed by atoms with van der Waals surface area (Å²) >= 11 is 12.8. The van der Waals surface area contributed by atoms with Crippen molar-refractivity contribution in [3.8, 4) is 0 Å². The lowest BCUT2D eigenvalue weighted by Crippen LogP contribution is -2.07. The van der Waals surface area contributed by atoms with Crippen LogP contribution in [0.4, 0.5) is 5.69 Å². The van der Waals surface area contributed by atoms with Crippen molar-refractivity contribution in [2.45, 2.75) is 10.6 Å². The number of anilines is 1. The zero-order valence-corrected chi connectivity index (χ0v) is 12.2. The zero-order valence-electron chi connectivity index (χ0n) is 9.06. The van der Waals surface area contributed by atoms with Crippen LogP contribution in [0.2, 0.25) is 9.36 Å². The molecule has 2 N–H and O–H groups in total. The number of hydrogen-bond donors (Lipinski definition) is 1. The number of nitrogens with two attached hydrogens (primary N) is 1. The van der Waals surface area contributed by atoms with E-state index in [1.165, 1.54) is 23.5 Å². The molecule has 96 valence electrons. The van der Waals surface area contributed by atoms with E-state index >= 15 is 0 Å². The van der Waals surface area contributed by atoms with Gasteiger partial charge < -0.3 is 5.73 Å². The van der Waals surface area contributed by atoms with Gasteiger partial charge in [0, 0.05) is 9.90 Å². The highest BCUT2D eigenvalue weighted by molar-refractivity contribution is 7.91. The minimum Gasteiger partial charge on any atom is -0.398 e. The van der Waals surface area contributed by atoms with Gasteiger partial charge in [0.2, 0.25) is 0 Å². The Morgan fingerprint density at radius 2 is 1.89 bits per heavy atom. The molecule has 1 aromatic carbocycles. The van der Waals surface area contributed by atoms with E-state index in [9.17, 15) is 8.42 Å². The standard InChI is InChI=1S/C11H9Cl2NO2S2/c12-7-1-3-9(14)10(5-7)18(15,16)6-8-2-4-11(13)17-8/h1-5H,6,14H2. The van der Waals surface area contributed by atoms with Gasteiger partial charge in [-0.05, 0) is 30.3 Å². The second kappa shape index (κ2) is 5.09. The number of sulfone groups is 1. The summed E-state index contributed by atoms with van der Waals surface area (Å²) in [7, 11) is -3.51. The van der Waals surface area contributed by atoms with E-state index in [1.54, 1.807) is 18.2 Å². The maximum Gasteiger partial charge on any atom is 0.185 e. The fourth-order valence-corrected chi connectivity index (χ4v) is 4.65. The molecule has 0 saturated heterocycles. The normalized spacial score (nSPS) is 11.7. The Kier molecular flexibility index (Phi) is 3.87. The first-order valence-electron chi connectivity index (χ1n) is 4.90. The average molecular weight is 322 g/mol. The summed E-state index contributed by atoms with van der Waals surface area (Å²) in [6, 6.07) is 7.75. The third-order valence-corrected chi connectivity index (χ3v) is 5.64. The first kappa shape index (κ1) is 13.7. The molecule has 3 nitrogen and oxygen atoms in total. The molecular weight excluding hydrogens is 313 g/mol. The molecule has 0 aliphatic rings. The lowest BCUT2D eigenvalue weighted by molar-refractivity contribution is 0.596. The van der Waals surface area contributed by atoms with Crippen LogP contribution in [0, 0.1) is 0 Å². The van der Waals surface area contributed by atoms with Crippen molar-refractivity contribution in [3.05, 3.63) is 44.6 Å². The van der Waals surface area contributed by atoms with Gasteiger partial charge in [-0.1, -0.05) is 23.2 Å². The third-order valence-electron chi connectivity index (χ3n) is 2.27. The van der Waals surface area contributed by atoms with Crippen LogP contribution in [0.1, 0.15) is 4.88 Å². The molecule has 0 aliphatic carbocycles. The Morgan fingerprint density at radius 3 is 2.50 bits per heavy atom.